The Morgan fingerprint density at radius 3 is 1.89 bits per heavy atom. The molecule has 1 aromatic rings. The van der Waals surface area contributed by atoms with Crippen molar-refractivity contribution in [2.24, 2.45) is 17.4 Å². The highest BCUT2D eigenvalue weighted by Crippen LogP contribution is 2.13. The van der Waals surface area contributed by atoms with Gasteiger partial charge in [-0.1, -0.05) is 32.4 Å². The van der Waals surface area contributed by atoms with Gasteiger partial charge in [-0.25, -0.2) is 4.79 Å². The monoisotopic (exact) mass is 537 g/mol. The molecule has 210 valence electrons. The standard InChI is InChI=1S/C24H35N5O9/c1-3-12(2)20(26)23(36)28-16(10-13-4-6-14(30)7-5-13)22(35)27-15(8-9-18(25)31)21(34)29-17(24(37)38)11-19(32)33/h4-7,12,15-17,20,30H,3,8-11,26H2,1-2H3,(H2,25,31)(H,27,35)(H,28,36)(H,29,34)(H,32,33)(H,37,38). The lowest BCUT2D eigenvalue weighted by atomic mass is 9.98. The van der Waals surface area contributed by atoms with E-state index in [1.165, 1.54) is 24.3 Å². The van der Waals surface area contributed by atoms with Gasteiger partial charge in [-0.2, -0.15) is 0 Å². The van der Waals surface area contributed by atoms with Crippen LogP contribution in [0.2, 0.25) is 0 Å². The minimum Gasteiger partial charge on any atom is -0.508 e. The van der Waals surface area contributed by atoms with Crippen LogP contribution >= 0.6 is 0 Å². The van der Waals surface area contributed by atoms with E-state index in [0.29, 0.717) is 12.0 Å². The molecule has 1 rings (SSSR count). The average molecular weight is 538 g/mol. The largest absolute Gasteiger partial charge is 0.508 e. The third-order valence-corrected chi connectivity index (χ3v) is 5.87. The zero-order valence-corrected chi connectivity index (χ0v) is 21.2. The molecule has 14 nitrogen and oxygen atoms in total. The number of nitrogens with one attached hydrogen (secondary N) is 3. The van der Waals surface area contributed by atoms with Crippen LogP contribution in [-0.4, -0.2) is 75.1 Å². The summed E-state index contributed by atoms with van der Waals surface area (Å²) in [5, 5.41) is 34.6. The van der Waals surface area contributed by atoms with Gasteiger partial charge < -0.3 is 42.7 Å². The summed E-state index contributed by atoms with van der Waals surface area (Å²) in [6, 6.07) is 0.357. The second-order valence-electron chi connectivity index (χ2n) is 8.91. The van der Waals surface area contributed by atoms with E-state index in [-0.39, 0.29) is 30.9 Å². The molecule has 0 saturated carbocycles. The lowest BCUT2D eigenvalue weighted by molar-refractivity contribution is -0.147. The molecule has 14 heteroatoms. The molecule has 5 atom stereocenters. The predicted octanol–water partition coefficient (Wildman–Crippen LogP) is -1.41. The summed E-state index contributed by atoms with van der Waals surface area (Å²) in [4.78, 5) is 72.4. The Labute approximate surface area is 219 Å². The summed E-state index contributed by atoms with van der Waals surface area (Å²) in [5.41, 5.74) is 11.7. The number of benzene rings is 1. The summed E-state index contributed by atoms with van der Waals surface area (Å²) in [6.45, 7) is 3.61. The molecule has 0 fully saturated rings. The number of carbonyl (C=O) groups is 6. The van der Waals surface area contributed by atoms with Gasteiger partial charge in [-0.15, -0.1) is 0 Å². The zero-order chi connectivity index (χ0) is 29.0. The van der Waals surface area contributed by atoms with Gasteiger partial charge >= 0.3 is 11.9 Å². The van der Waals surface area contributed by atoms with Crippen molar-refractivity contribution in [2.75, 3.05) is 0 Å². The lowest BCUT2D eigenvalue weighted by Gasteiger charge is -2.26. The number of nitrogens with two attached hydrogens (primary N) is 2. The second-order valence-corrected chi connectivity index (χ2v) is 8.91. The number of hydrogen-bond acceptors (Lipinski definition) is 8. The molecule has 0 saturated heterocycles. The number of aromatic hydroxyl groups is 1. The summed E-state index contributed by atoms with van der Waals surface area (Å²) >= 11 is 0. The van der Waals surface area contributed by atoms with Crippen LogP contribution < -0.4 is 27.4 Å². The number of primary amides is 1. The van der Waals surface area contributed by atoms with Gasteiger partial charge in [0, 0.05) is 12.8 Å². The zero-order valence-electron chi connectivity index (χ0n) is 21.2. The van der Waals surface area contributed by atoms with Crippen molar-refractivity contribution in [3.05, 3.63) is 29.8 Å². The first kappa shape index (κ1) is 31.8. The first-order valence-corrected chi connectivity index (χ1v) is 11.9. The smallest absolute Gasteiger partial charge is 0.326 e. The van der Waals surface area contributed by atoms with Gasteiger partial charge in [0.2, 0.25) is 23.6 Å². The molecule has 0 heterocycles. The minimum absolute atomic E-state index is 0.0184. The summed E-state index contributed by atoms with van der Waals surface area (Å²) in [5.74, 6) is -6.65. The highest BCUT2D eigenvalue weighted by Gasteiger charge is 2.32. The molecule has 1 aromatic carbocycles. The number of carbonyl (C=O) groups excluding carboxylic acids is 4. The molecule has 5 unspecified atom stereocenters. The van der Waals surface area contributed by atoms with E-state index in [9.17, 15) is 39.0 Å². The van der Waals surface area contributed by atoms with E-state index in [4.69, 9.17) is 16.6 Å². The highest BCUT2D eigenvalue weighted by atomic mass is 16.4. The van der Waals surface area contributed by atoms with Crippen LogP contribution in [0.15, 0.2) is 24.3 Å². The Bertz CT molecular complexity index is 1020. The van der Waals surface area contributed by atoms with Crippen molar-refractivity contribution in [1.29, 1.82) is 0 Å². The number of hydrogen-bond donors (Lipinski definition) is 8. The molecule has 0 radical (unpaired) electrons. The Balaban J connectivity index is 3.20. The maximum atomic E-state index is 13.2. The van der Waals surface area contributed by atoms with E-state index in [1.54, 1.807) is 6.92 Å². The molecular weight excluding hydrogens is 502 g/mol. The Morgan fingerprint density at radius 2 is 1.39 bits per heavy atom. The van der Waals surface area contributed by atoms with Crippen LogP contribution in [0.4, 0.5) is 0 Å². The summed E-state index contributed by atoms with van der Waals surface area (Å²) in [6.07, 6.45) is -1.07. The maximum absolute atomic E-state index is 13.2. The number of carboxylic acids is 2. The predicted molar refractivity (Wildman–Crippen MR) is 133 cm³/mol. The molecule has 38 heavy (non-hydrogen) atoms. The summed E-state index contributed by atoms with van der Waals surface area (Å²) < 4.78 is 0. The van der Waals surface area contributed by atoms with E-state index >= 15 is 0 Å². The van der Waals surface area contributed by atoms with Crippen molar-refractivity contribution in [2.45, 2.75) is 70.1 Å². The molecule has 4 amide bonds. The molecule has 10 N–H and O–H groups in total. The van der Waals surface area contributed by atoms with Crippen LogP contribution in [0.5, 0.6) is 5.75 Å². The van der Waals surface area contributed by atoms with Crippen molar-refractivity contribution in [1.82, 2.24) is 16.0 Å². The fraction of sp³-hybridized carbons (Fsp3) is 0.500. The van der Waals surface area contributed by atoms with Gasteiger partial charge in [0.1, 0.15) is 23.9 Å². The molecule has 0 aliphatic rings. The topological polar surface area (TPSA) is 251 Å². The fourth-order valence-corrected chi connectivity index (χ4v) is 3.33. The average Bonchev–Trinajstić information content (AvgIpc) is 2.85. The van der Waals surface area contributed by atoms with E-state index < -0.39 is 66.2 Å². The first-order chi connectivity index (χ1) is 17.7. The number of aliphatic carboxylic acids is 2. The normalized spacial score (nSPS) is 14.7. The fourth-order valence-electron chi connectivity index (χ4n) is 3.33. The SMILES string of the molecule is CCC(C)C(N)C(=O)NC(Cc1ccc(O)cc1)C(=O)NC(CCC(N)=O)C(=O)NC(CC(=O)O)C(=O)O. The highest BCUT2D eigenvalue weighted by molar-refractivity contribution is 5.95. The van der Waals surface area contributed by atoms with Crippen LogP contribution in [-0.2, 0) is 35.2 Å². The van der Waals surface area contributed by atoms with Crippen LogP contribution in [0.25, 0.3) is 0 Å². The number of carboxylic acid groups (broad SMARTS) is 2. The summed E-state index contributed by atoms with van der Waals surface area (Å²) in [7, 11) is 0. The van der Waals surface area contributed by atoms with Gasteiger partial charge in [-0.05, 0) is 30.0 Å². The van der Waals surface area contributed by atoms with Crippen molar-refractivity contribution in [3.8, 4) is 5.75 Å². The Kier molecular flexibility index (Phi) is 12.7. The molecule has 0 bridgehead atoms. The second kappa shape index (κ2) is 15.1. The van der Waals surface area contributed by atoms with Gasteiger partial charge in [0.05, 0.1) is 12.5 Å². The molecule has 0 aliphatic carbocycles. The van der Waals surface area contributed by atoms with Crippen LogP contribution in [0.1, 0.15) is 45.1 Å². The Morgan fingerprint density at radius 1 is 0.868 bits per heavy atom. The Hall–Kier alpha value is -4.20. The number of phenols is 1. The van der Waals surface area contributed by atoms with Crippen molar-refractivity contribution >= 4 is 35.6 Å². The minimum atomic E-state index is -1.80. The molecule has 0 aromatic heterocycles. The van der Waals surface area contributed by atoms with Crippen LogP contribution in [0, 0.1) is 5.92 Å². The third-order valence-electron chi connectivity index (χ3n) is 5.87. The number of phenolic OH excluding ortho intramolecular Hbond substituents is 1. The third kappa shape index (κ3) is 10.8. The molecular formula is C24H35N5O9. The number of amides is 4. The van der Waals surface area contributed by atoms with Crippen LogP contribution in [0.3, 0.4) is 0 Å². The molecule has 0 aliphatic heterocycles. The van der Waals surface area contributed by atoms with Gasteiger partial charge in [-0.3, -0.25) is 24.0 Å². The van der Waals surface area contributed by atoms with Crippen molar-refractivity contribution in [3.63, 3.8) is 0 Å². The molecule has 0 spiro atoms. The van der Waals surface area contributed by atoms with Gasteiger partial charge in [0.15, 0.2) is 0 Å². The van der Waals surface area contributed by atoms with Gasteiger partial charge in [0.25, 0.3) is 0 Å². The quantitative estimate of drug-likeness (QED) is 0.122. The van der Waals surface area contributed by atoms with E-state index in [0.717, 1.165) is 0 Å². The lowest BCUT2D eigenvalue weighted by Crippen LogP contribution is -2.58. The van der Waals surface area contributed by atoms with Crippen molar-refractivity contribution < 1.29 is 44.1 Å². The first-order valence-electron chi connectivity index (χ1n) is 11.9. The van der Waals surface area contributed by atoms with E-state index in [2.05, 4.69) is 10.6 Å². The maximum Gasteiger partial charge on any atom is 0.326 e. The number of rotatable bonds is 16. The van der Waals surface area contributed by atoms with E-state index in [1.807, 2.05) is 12.2 Å².